The van der Waals surface area contributed by atoms with Crippen LogP contribution in [-0.2, 0) is 5.41 Å². The van der Waals surface area contributed by atoms with Crippen molar-refractivity contribution in [2.24, 2.45) is 0 Å². The van der Waals surface area contributed by atoms with Crippen molar-refractivity contribution in [3.63, 3.8) is 0 Å². The van der Waals surface area contributed by atoms with E-state index >= 15 is 0 Å². The summed E-state index contributed by atoms with van der Waals surface area (Å²) >= 11 is 13.6. The van der Waals surface area contributed by atoms with E-state index in [1.807, 2.05) is 24.3 Å². The fourth-order valence-corrected chi connectivity index (χ4v) is 5.29. The standard InChI is InChI=1S/C25H18Cl2N2/c26-23-13-15(28)9-11-21(23)25(22-12-10-16(29)14-24(22)27)19-7-3-1-5-17(19)18-6-2-4-8-20(18)25/h1-14H,28-29H2. The lowest BCUT2D eigenvalue weighted by molar-refractivity contribution is 0.769. The molecule has 0 unspecified atom stereocenters. The molecule has 4 aromatic carbocycles. The molecule has 0 atom stereocenters. The average molecular weight is 417 g/mol. The lowest BCUT2D eigenvalue weighted by Crippen LogP contribution is -2.29. The molecule has 4 N–H and O–H groups in total. The van der Waals surface area contributed by atoms with Crippen LogP contribution in [0.5, 0.6) is 0 Å². The number of benzene rings is 4. The molecule has 1 aliphatic rings. The van der Waals surface area contributed by atoms with Crippen LogP contribution in [0, 0.1) is 0 Å². The van der Waals surface area contributed by atoms with E-state index in [0.29, 0.717) is 21.4 Å². The normalized spacial score (nSPS) is 13.7. The first-order chi connectivity index (χ1) is 14.0. The molecule has 4 aromatic rings. The molecule has 29 heavy (non-hydrogen) atoms. The van der Waals surface area contributed by atoms with Gasteiger partial charge in [-0.2, -0.15) is 0 Å². The molecule has 0 amide bonds. The fraction of sp³-hybridized carbons (Fsp3) is 0.0400. The van der Waals surface area contributed by atoms with Gasteiger partial charge in [-0.3, -0.25) is 0 Å². The minimum absolute atomic E-state index is 0.601. The Labute approximate surface area is 179 Å². The van der Waals surface area contributed by atoms with Crippen molar-refractivity contribution in [1.82, 2.24) is 0 Å². The molecule has 0 fully saturated rings. The second-order valence-electron chi connectivity index (χ2n) is 7.32. The highest BCUT2D eigenvalue weighted by atomic mass is 35.5. The monoisotopic (exact) mass is 416 g/mol. The Morgan fingerprint density at radius 3 is 1.34 bits per heavy atom. The van der Waals surface area contributed by atoms with Gasteiger partial charge in [0, 0.05) is 21.4 Å². The van der Waals surface area contributed by atoms with E-state index in [1.54, 1.807) is 12.1 Å². The number of halogens is 2. The van der Waals surface area contributed by atoms with E-state index in [1.165, 1.54) is 11.1 Å². The first-order valence-electron chi connectivity index (χ1n) is 9.34. The Bertz CT molecular complexity index is 1160. The summed E-state index contributed by atoms with van der Waals surface area (Å²) in [5.74, 6) is 0. The van der Waals surface area contributed by atoms with Crippen molar-refractivity contribution >= 4 is 34.6 Å². The number of fused-ring (bicyclic) bond motifs is 3. The Balaban J connectivity index is 2.00. The Morgan fingerprint density at radius 2 is 0.931 bits per heavy atom. The summed E-state index contributed by atoms with van der Waals surface area (Å²) in [6.45, 7) is 0. The zero-order valence-corrected chi connectivity index (χ0v) is 17.0. The number of hydrogen-bond acceptors (Lipinski definition) is 2. The minimum atomic E-state index is -0.664. The second kappa shape index (κ2) is 6.55. The van der Waals surface area contributed by atoms with E-state index < -0.39 is 5.41 Å². The second-order valence-corrected chi connectivity index (χ2v) is 8.13. The van der Waals surface area contributed by atoms with Gasteiger partial charge in [0.25, 0.3) is 0 Å². The quantitative estimate of drug-likeness (QED) is 0.321. The molecule has 0 aromatic heterocycles. The lowest BCUT2D eigenvalue weighted by atomic mass is 9.67. The molecule has 2 nitrogen and oxygen atoms in total. The SMILES string of the molecule is Nc1ccc(C2(c3ccc(N)cc3Cl)c3ccccc3-c3ccccc32)c(Cl)c1. The summed E-state index contributed by atoms with van der Waals surface area (Å²) in [6, 6.07) is 28.2. The summed E-state index contributed by atoms with van der Waals surface area (Å²) in [7, 11) is 0. The molecule has 0 heterocycles. The number of nitrogens with two attached hydrogens (primary N) is 2. The zero-order chi connectivity index (χ0) is 20.2. The number of anilines is 2. The van der Waals surface area contributed by atoms with Crippen LogP contribution in [0.4, 0.5) is 11.4 Å². The first-order valence-corrected chi connectivity index (χ1v) is 10.1. The average Bonchev–Trinajstić information content (AvgIpc) is 3.00. The fourth-order valence-electron chi connectivity index (χ4n) is 4.63. The lowest BCUT2D eigenvalue weighted by Gasteiger charge is -2.35. The zero-order valence-electron chi connectivity index (χ0n) is 15.5. The van der Waals surface area contributed by atoms with Gasteiger partial charge in [-0.15, -0.1) is 0 Å². The van der Waals surface area contributed by atoms with Crippen molar-refractivity contribution in [3.05, 3.63) is 117 Å². The van der Waals surface area contributed by atoms with Crippen LogP contribution in [0.25, 0.3) is 11.1 Å². The highest BCUT2D eigenvalue weighted by Gasteiger charge is 2.47. The summed E-state index contributed by atoms with van der Waals surface area (Å²) < 4.78 is 0. The van der Waals surface area contributed by atoms with Gasteiger partial charge in [-0.05, 0) is 57.6 Å². The molecule has 5 rings (SSSR count). The van der Waals surface area contributed by atoms with Crippen molar-refractivity contribution < 1.29 is 0 Å². The Kier molecular flexibility index (Phi) is 4.09. The molecule has 0 radical (unpaired) electrons. The maximum absolute atomic E-state index is 6.82. The van der Waals surface area contributed by atoms with Gasteiger partial charge in [0.2, 0.25) is 0 Å². The molecular formula is C25H18Cl2N2. The summed E-state index contributed by atoms with van der Waals surface area (Å²) in [5, 5.41) is 1.20. The maximum atomic E-state index is 6.82. The summed E-state index contributed by atoms with van der Waals surface area (Å²) in [6.07, 6.45) is 0. The molecule has 4 heteroatoms. The number of nitrogen functional groups attached to an aromatic ring is 2. The van der Waals surface area contributed by atoms with Gasteiger partial charge < -0.3 is 11.5 Å². The van der Waals surface area contributed by atoms with Crippen LogP contribution in [0.2, 0.25) is 10.0 Å². The molecule has 0 spiro atoms. The smallest absolute Gasteiger partial charge is 0.0742 e. The first kappa shape index (κ1) is 18.1. The third-order valence-corrected chi connectivity index (χ3v) is 6.37. The van der Waals surface area contributed by atoms with E-state index in [4.69, 9.17) is 34.7 Å². The maximum Gasteiger partial charge on any atom is 0.0742 e. The van der Waals surface area contributed by atoms with Gasteiger partial charge in [0.1, 0.15) is 0 Å². The van der Waals surface area contributed by atoms with Crippen molar-refractivity contribution in [2.45, 2.75) is 5.41 Å². The molecule has 0 bridgehead atoms. The van der Waals surface area contributed by atoms with Crippen LogP contribution < -0.4 is 11.5 Å². The highest BCUT2D eigenvalue weighted by Crippen LogP contribution is 2.58. The molecular weight excluding hydrogens is 399 g/mol. The third-order valence-electron chi connectivity index (χ3n) is 5.75. The van der Waals surface area contributed by atoms with Crippen LogP contribution in [0.1, 0.15) is 22.3 Å². The number of rotatable bonds is 2. The number of hydrogen-bond donors (Lipinski definition) is 2. The van der Waals surface area contributed by atoms with Gasteiger partial charge in [-0.1, -0.05) is 83.9 Å². The van der Waals surface area contributed by atoms with E-state index in [-0.39, 0.29) is 0 Å². The summed E-state index contributed by atoms with van der Waals surface area (Å²) in [5.41, 5.74) is 19.1. The van der Waals surface area contributed by atoms with E-state index in [9.17, 15) is 0 Å². The van der Waals surface area contributed by atoms with Crippen LogP contribution in [0.3, 0.4) is 0 Å². The van der Waals surface area contributed by atoms with E-state index in [0.717, 1.165) is 22.3 Å². The Morgan fingerprint density at radius 1 is 0.517 bits per heavy atom. The van der Waals surface area contributed by atoms with Gasteiger partial charge in [0.05, 0.1) is 5.41 Å². The van der Waals surface area contributed by atoms with Crippen LogP contribution in [0.15, 0.2) is 84.9 Å². The minimum Gasteiger partial charge on any atom is -0.399 e. The van der Waals surface area contributed by atoms with Crippen molar-refractivity contribution in [1.29, 1.82) is 0 Å². The molecule has 0 saturated carbocycles. The molecule has 142 valence electrons. The largest absolute Gasteiger partial charge is 0.399 e. The molecule has 1 aliphatic carbocycles. The van der Waals surface area contributed by atoms with Crippen LogP contribution in [-0.4, -0.2) is 0 Å². The van der Waals surface area contributed by atoms with Crippen molar-refractivity contribution in [3.8, 4) is 11.1 Å². The van der Waals surface area contributed by atoms with Gasteiger partial charge >= 0.3 is 0 Å². The predicted molar refractivity (Wildman–Crippen MR) is 123 cm³/mol. The molecule has 0 saturated heterocycles. The predicted octanol–water partition coefficient (Wildman–Crippen LogP) is 6.52. The van der Waals surface area contributed by atoms with Crippen LogP contribution >= 0.6 is 23.2 Å². The third kappa shape index (κ3) is 2.50. The molecule has 0 aliphatic heterocycles. The van der Waals surface area contributed by atoms with Gasteiger partial charge in [0.15, 0.2) is 0 Å². The summed E-state index contributed by atoms with van der Waals surface area (Å²) in [4.78, 5) is 0. The van der Waals surface area contributed by atoms with Gasteiger partial charge in [-0.25, -0.2) is 0 Å². The van der Waals surface area contributed by atoms with Crippen molar-refractivity contribution in [2.75, 3.05) is 11.5 Å². The van der Waals surface area contributed by atoms with E-state index in [2.05, 4.69) is 48.5 Å². The highest BCUT2D eigenvalue weighted by molar-refractivity contribution is 6.33. The topological polar surface area (TPSA) is 52.0 Å². The Hall–Kier alpha value is -2.94.